The molecule has 0 saturated carbocycles. The van der Waals surface area contributed by atoms with Crippen LogP contribution in [0.5, 0.6) is 0 Å². The molecule has 0 saturated heterocycles. The quantitative estimate of drug-likeness (QED) is 0.437. The first kappa shape index (κ1) is 74.8. The molecule has 6 heteroatoms. The van der Waals surface area contributed by atoms with Crippen LogP contribution in [-0.2, 0) is 33.9 Å². The Kier molecular flexibility index (Phi) is 13500. The summed E-state index contributed by atoms with van der Waals surface area (Å²) >= 11 is 0. The number of hydrogen-bond donors (Lipinski definition) is 0. The SMILES string of the molecule is C=O.C=O.C=O.O.O.[Ru]. The second kappa shape index (κ2) is 1630. The predicted octanol–water partition coefficient (Wildman–Crippen LogP) is -2.21. The van der Waals surface area contributed by atoms with Crippen molar-refractivity contribution >= 4 is 20.4 Å². The molecule has 4 N–H and O–H groups in total. The van der Waals surface area contributed by atoms with Gasteiger partial charge in [-0.1, -0.05) is 0 Å². The average Bonchev–Trinajstić information content (AvgIpc) is 1.81. The molecule has 0 aliphatic carbocycles. The van der Waals surface area contributed by atoms with Crippen LogP contribution in [0.25, 0.3) is 0 Å². The van der Waals surface area contributed by atoms with Crippen molar-refractivity contribution in [1.29, 1.82) is 0 Å². The van der Waals surface area contributed by atoms with Crippen LogP contribution in [0.3, 0.4) is 0 Å². The Morgan fingerprint density at radius 3 is 0.556 bits per heavy atom. The van der Waals surface area contributed by atoms with E-state index in [0.717, 1.165) is 0 Å². The second-order valence-corrected chi connectivity index (χ2v) is 0. The van der Waals surface area contributed by atoms with Crippen molar-refractivity contribution in [3.05, 3.63) is 0 Å². The van der Waals surface area contributed by atoms with Gasteiger partial charge in [0.1, 0.15) is 20.4 Å². The van der Waals surface area contributed by atoms with E-state index in [1.165, 1.54) is 0 Å². The number of rotatable bonds is 0. The molecule has 0 radical (unpaired) electrons. The summed E-state index contributed by atoms with van der Waals surface area (Å²) in [5, 5.41) is 0. The average molecular weight is 227 g/mol. The summed E-state index contributed by atoms with van der Waals surface area (Å²) in [4.78, 5) is 24.0. The molecule has 9 heavy (non-hydrogen) atoms. The van der Waals surface area contributed by atoms with Crippen LogP contribution in [0, 0.1) is 0 Å². The first-order valence-corrected chi connectivity index (χ1v) is 0.866. The number of hydrogen-bond acceptors (Lipinski definition) is 3. The van der Waals surface area contributed by atoms with Crippen LogP contribution in [0.1, 0.15) is 0 Å². The fraction of sp³-hybridized carbons (Fsp3) is 0. The molecule has 0 spiro atoms. The van der Waals surface area contributed by atoms with Crippen LogP contribution in [0.15, 0.2) is 0 Å². The van der Waals surface area contributed by atoms with Crippen LogP contribution in [0.2, 0.25) is 0 Å². The van der Waals surface area contributed by atoms with E-state index in [4.69, 9.17) is 14.4 Å². The van der Waals surface area contributed by atoms with Crippen molar-refractivity contribution in [2.75, 3.05) is 0 Å². The summed E-state index contributed by atoms with van der Waals surface area (Å²) in [7, 11) is 0. The molecular weight excluding hydrogens is 217 g/mol. The van der Waals surface area contributed by atoms with Crippen molar-refractivity contribution < 1.29 is 44.8 Å². The Hall–Kier alpha value is -0.447. The molecule has 0 aromatic rings. The van der Waals surface area contributed by atoms with Crippen LogP contribution in [-0.4, -0.2) is 31.3 Å². The summed E-state index contributed by atoms with van der Waals surface area (Å²) in [5.41, 5.74) is 0. The molecule has 0 aromatic heterocycles. The molecule has 0 aliphatic rings. The largest absolute Gasteiger partial charge is 0.412 e. The van der Waals surface area contributed by atoms with Crippen molar-refractivity contribution in [1.82, 2.24) is 0 Å². The standard InChI is InChI=1S/3CH2O.2H2O.Ru/c3*1-2;;;/h3*1H2;2*1H2;. The minimum absolute atomic E-state index is 0. The fourth-order valence-corrected chi connectivity index (χ4v) is 0. The Balaban J connectivity index is -0.00000000321. The van der Waals surface area contributed by atoms with Gasteiger partial charge in [-0.15, -0.1) is 0 Å². The molecule has 0 rings (SSSR count). The molecule has 60 valence electrons. The Bertz CT molecular complexity index is 16.9. The Morgan fingerprint density at radius 1 is 0.556 bits per heavy atom. The molecule has 0 unspecified atom stereocenters. The monoisotopic (exact) mass is 228 g/mol. The third kappa shape index (κ3) is 1170. The van der Waals surface area contributed by atoms with E-state index in [-0.39, 0.29) is 30.4 Å². The van der Waals surface area contributed by atoms with Crippen molar-refractivity contribution in [2.24, 2.45) is 0 Å². The van der Waals surface area contributed by atoms with E-state index in [2.05, 4.69) is 0 Å². The number of carbonyl (C=O) groups is 3. The van der Waals surface area contributed by atoms with E-state index in [9.17, 15) is 0 Å². The smallest absolute Gasteiger partial charge is 0.106 e. The van der Waals surface area contributed by atoms with E-state index in [0.29, 0.717) is 0 Å². The molecule has 0 amide bonds. The van der Waals surface area contributed by atoms with Crippen molar-refractivity contribution in [3.63, 3.8) is 0 Å². The van der Waals surface area contributed by atoms with Gasteiger partial charge in [0.25, 0.3) is 0 Å². The molecule has 5 nitrogen and oxygen atoms in total. The van der Waals surface area contributed by atoms with Crippen LogP contribution >= 0.6 is 0 Å². The fourth-order valence-electron chi connectivity index (χ4n) is 0. The summed E-state index contributed by atoms with van der Waals surface area (Å²) in [6.07, 6.45) is 0. The van der Waals surface area contributed by atoms with Gasteiger partial charge in [0, 0.05) is 19.5 Å². The minimum atomic E-state index is 0. The number of carbonyl (C=O) groups excluding carboxylic acids is 3. The van der Waals surface area contributed by atoms with E-state index in [1.54, 1.807) is 0 Å². The van der Waals surface area contributed by atoms with Crippen LogP contribution < -0.4 is 0 Å². The topological polar surface area (TPSA) is 114 Å². The van der Waals surface area contributed by atoms with Crippen LogP contribution in [0.4, 0.5) is 0 Å². The van der Waals surface area contributed by atoms with Gasteiger partial charge in [-0.3, -0.25) is 0 Å². The third-order valence-electron chi connectivity index (χ3n) is 0. The van der Waals surface area contributed by atoms with Gasteiger partial charge < -0.3 is 25.3 Å². The van der Waals surface area contributed by atoms with E-state index < -0.39 is 0 Å². The normalized spacial score (nSPS) is 1.33. The maximum atomic E-state index is 8.00. The van der Waals surface area contributed by atoms with Gasteiger partial charge in [0.15, 0.2) is 0 Å². The Labute approximate surface area is 65.8 Å². The molecular formula is C3H10O5Ru. The summed E-state index contributed by atoms with van der Waals surface area (Å²) in [6, 6.07) is 0. The molecule has 0 fully saturated rings. The molecule has 0 bridgehead atoms. The van der Waals surface area contributed by atoms with Gasteiger partial charge in [-0.05, 0) is 0 Å². The van der Waals surface area contributed by atoms with Crippen molar-refractivity contribution in [3.8, 4) is 0 Å². The summed E-state index contributed by atoms with van der Waals surface area (Å²) < 4.78 is 0. The van der Waals surface area contributed by atoms with E-state index in [1.807, 2.05) is 20.4 Å². The van der Waals surface area contributed by atoms with Crippen molar-refractivity contribution in [2.45, 2.75) is 0 Å². The summed E-state index contributed by atoms with van der Waals surface area (Å²) in [6.45, 7) is 6.00. The van der Waals surface area contributed by atoms with Gasteiger partial charge in [-0.25, -0.2) is 0 Å². The van der Waals surface area contributed by atoms with Gasteiger partial charge >= 0.3 is 0 Å². The van der Waals surface area contributed by atoms with Gasteiger partial charge in [-0.2, -0.15) is 0 Å². The zero-order valence-corrected chi connectivity index (χ0v) is 6.44. The molecule has 0 aliphatic heterocycles. The predicted molar refractivity (Wildman–Crippen MR) is 28.6 cm³/mol. The Morgan fingerprint density at radius 2 is 0.556 bits per heavy atom. The zero-order chi connectivity index (χ0) is 6.00. The van der Waals surface area contributed by atoms with Gasteiger partial charge in [0.2, 0.25) is 0 Å². The summed E-state index contributed by atoms with van der Waals surface area (Å²) in [5.74, 6) is 0. The van der Waals surface area contributed by atoms with E-state index >= 15 is 0 Å². The first-order valence-electron chi connectivity index (χ1n) is 0.866. The first-order chi connectivity index (χ1) is 3.00. The molecule has 0 aromatic carbocycles. The second-order valence-electron chi connectivity index (χ2n) is 0. The van der Waals surface area contributed by atoms with Gasteiger partial charge in [0.05, 0.1) is 0 Å². The maximum Gasteiger partial charge on any atom is 0.106 e. The minimum Gasteiger partial charge on any atom is -0.412 e. The molecule has 0 heterocycles. The molecule has 0 atom stereocenters. The zero-order valence-electron chi connectivity index (χ0n) is 4.70. The third-order valence-corrected chi connectivity index (χ3v) is 0. The maximum absolute atomic E-state index is 8.00.